The maximum atomic E-state index is 13.3. The van der Waals surface area contributed by atoms with E-state index in [1.54, 1.807) is 13.0 Å². The zero-order chi connectivity index (χ0) is 15.0. The largest absolute Gasteiger partial charge is 0.490 e. The van der Waals surface area contributed by atoms with Crippen LogP contribution < -0.4 is 4.74 Å². The summed E-state index contributed by atoms with van der Waals surface area (Å²) >= 11 is 0. The van der Waals surface area contributed by atoms with Gasteiger partial charge in [0.2, 0.25) is 0 Å². The van der Waals surface area contributed by atoms with Crippen LogP contribution >= 0.6 is 0 Å². The van der Waals surface area contributed by atoms with E-state index in [-0.39, 0.29) is 11.9 Å². The third-order valence-electron chi connectivity index (χ3n) is 4.00. The Balaban J connectivity index is 1.93. The molecule has 2 atom stereocenters. The van der Waals surface area contributed by atoms with Crippen molar-refractivity contribution in [1.29, 1.82) is 0 Å². The third-order valence-corrected chi connectivity index (χ3v) is 4.00. The van der Waals surface area contributed by atoms with Crippen molar-refractivity contribution in [1.82, 2.24) is 0 Å². The number of hydrogen-bond acceptors (Lipinski definition) is 3. The molecule has 3 nitrogen and oxygen atoms in total. The van der Waals surface area contributed by atoms with E-state index in [0.29, 0.717) is 30.8 Å². The van der Waals surface area contributed by atoms with Gasteiger partial charge in [-0.1, -0.05) is 11.6 Å². The minimum Gasteiger partial charge on any atom is -0.490 e. The zero-order valence-electron chi connectivity index (χ0n) is 12.3. The van der Waals surface area contributed by atoms with Crippen LogP contribution in [0.1, 0.15) is 43.4 Å². The number of fused-ring (bicyclic) bond motifs is 1. The molecule has 0 amide bonds. The average molecular weight is 290 g/mol. The Hall–Kier alpha value is -1.84. The highest BCUT2D eigenvalue weighted by molar-refractivity contribution is 5.92. The quantitative estimate of drug-likeness (QED) is 0.849. The predicted octanol–water partition coefficient (Wildman–Crippen LogP) is 3.81. The van der Waals surface area contributed by atoms with E-state index >= 15 is 0 Å². The number of halogens is 1. The maximum Gasteiger partial charge on any atom is 0.159 e. The second-order valence-electron chi connectivity index (χ2n) is 6.11. The smallest absolute Gasteiger partial charge is 0.159 e. The van der Waals surface area contributed by atoms with Crippen LogP contribution in [0.25, 0.3) is 0 Å². The van der Waals surface area contributed by atoms with Gasteiger partial charge >= 0.3 is 0 Å². The molecule has 21 heavy (non-hydrogen) atoms. The van der Waals surface area contributed by atoms with Crippen molar-refractivity contribution in [2.24, 2.45) is 0 Å². The summed E-state index contributed by atoms with van der Waals surface area (Å²) in [6.45, 7) is 3.18. The van der Waals surface area contributed by atoms with Gasteiger partial charge in [-0.25, -0.2) is 4.39 Å². The molecule has 0 spiro atoms. The molecule has 0 saturated heterocycles. The first-order valence-corrected chi connectivity index (χ1v) is 7.25. The van der Waals surface area contributed by atoms with Crippen molar-refractivity contribution in [3.05, 3.63) is 41.2 Å². The summed E-state index contributed by atoms with van der Waals surface area (Å²) in [5, 5.41) is 0. The third kappa shape index (κ3) is 2.80. The standard InChI is InChI=1S/C17H19FO3/c1-11-3-6-15-14(7-11)16(9-17(2,10-18)21-15)20-13-5-4-12(19)8-13/h3,6-8,16H,4-5,9-10H2,1-2H3. The van der Waals surface area contributed by atoms with Gasteiger partial charge in [0.1, 0.15) is 29.9 Å². The van der Waals surface area contributed by atoms with Gasteiger partial charge in [-0.15, -0.1) is 0 Å². The number of carbonyl (C=O) groups is 1. The first-order valence-electron chi connectivity index (χ1n) is 7.25. The molecule has 1 aliphatic carbocycles. The number of aryl methyl sites for hydroxylation is 1. The lowest BCUT2D eigenvalue weighted by atomic mass is 9.90. The lowest BCUT2D eigenvalue weighted by Crippen LogP contribution is -2.40. The molecule has 3 rings (SSSR count). The highest BCUT2D eigenvalue weighted by atomic mass is 19.1. The molecule has 1 aromatic rings. The summed E-state index contributed by atoms with van der Waals surface area (Å²) in [6, 6.07) is 5.82. The second kappa shape index (κ2) is 5.17. The van der Waals surface area contributed by atoms with Crippen molar-refractivity contribution < 1.29 is 18.7 Å². The Bertz CT molecular complexity index is 608. The van der Waals surface area contributed by atoms with E-state index < -0.39 is 12.3 Å². The van der Waals surface area contributed by atoms with Gasteiger partial charge in [0.05, 0.1) is 0 Å². The summed E-state index contributed by atoms with van der Waals surface area (Å²) in [5.41, 5.74) is 1.16. The normalized spacial score (nSPS) is 27.9. The van der Waals surface area contributed by atoms with E-state index in [1.807, 2.05) is 25.1 Å². The Morgan fingerprint density at radius 1 is 1.43 bits per heavy atom. The number of allylic oxidation sites excluding steroid dienone is 2. The Labute approximate surface area is 123 Å². The lowest BCUT2D eigenvalue weighted by Gasteiger charge is -2.38. The molecule has 2 aliphatic rings. The molecular formula is C17H19FO3. The lowest BCUT2D eigenvalue weighted by molar-refractivity contribution is -0.114. The number of alkyl halides is 1. The molecule has 2 unspecified atom stereocenters. The second-order valence-corrected chi connectivity index (χ2v) is 6.11. The van der Waals surface area contributed by atoms with E-state index in [2.05, 4.69) is 0 Å². The number of ether oxygens (including phenoxy) is 2. The van der Waals surface area contributed by atoms with Gasteiger partial charge in [-0.3, -0.25) is 4.79 Å². The molecule has 0 fully saturated rings. The zero-order valence-corrected chi connectivity index (χ0v) is 12.3. The molecule has 0 N–H and O–H groups in total. The van der Waals surface area contributed by atoms with Crippen molar-refractivity contribution in [3.8, 4) is 5.75 Å². The molecule has 0 saturated carbocycles. The number of rotatable bonds is 3. The fourth-order valence-corrected chi connectivity index (χ4v) is 2.85. The van der Waals surface area contributed by atoms with Crippen LogP contribution in [0.2, 0.25) is 0 Å². The van der Waals surface area contributed by atoms with Crippen LogP contribution in [0.5, 0.6) is 5.75 Å². The maximum absolute atomic E-state index is 13.3. The highest BCUT2D eigenvalue weighted by Crippen LogP contribution is 2.43. The van der Waals surface area contributed by atoms with Crippen molar-refractivity contribution in [2.45, 2.75) is 44.8 Å². The van der Waals surface area contributed by atoms with Crippen LogP contribution in [-0.4, -0.2) is 18.1 Å². The van der Waals surface area contributed by atoms with E-state index in [1.165, 1.54) is 0 Å². The fraction of sp³-hybridized carbons (Fsp3) is 0.471. The van der Waals surface area contributed by atoms with Crippen LogP contribution in [0.3, 0.4) is 0 Å². The fourth-order valence-electron chi connectivity index (χ4n) is 2.85. The van der Waals surface area contributed by atoms with Crippen molar-refractivity contribution >= 4 is 5.78 Å². The number of benzene rings is 1. The average Bonchev–Trinajstić information content (AvgIpc) is 2.85. The summed E-state index contributed by atoms with van der Waals surface area (Å²) < 4.78 is 25.1. The summed E-state index contributed by atoms with van der Waals surface area (Å²) in [7, 11) is 0. The van der Waals surface area contributed by atoms with Crippen LogP contribution in [-0.2, 0) is 9.53 Å². The summed E-state index contributed by atoms with van der Waals surface area (Å²) in [5.74, 6) is 1.46. The summed E-state index contributed by atoms with van der Waals surface area (Å²) in [4.78, 5) is 11.3. The van der Waals surface area contributed by atoms with Gasteiger partial charge in [-0.2, -0.15) is 0 Å². The molecule has 0 aromatic heterocycles. The molecule has 1 heterocycles. The van der Waals surface area contributed by atoms with Gasteiger partial charge < -0.3 is 9.47 Å². The molecule has 4 heteroatoms. The summed E-state index contributed by atoms with van der Waals surface area (Å²) in [6.07, 6.45) is 2.85. The molecule has 1 aliphatic heterocycles. The Morgan fingerprint density at radius 2 is 2.24 bits per heavy atom. The van der Waals surface area contributed by atoms with Crippen molar-refractivity contribution in [3.63, 3.8) is 0 Å². The minimum atomic E-state index is -0.879. The monoisotopic (exact) mass is 290 g/mol. The Kier molecular flexibility index (Phi) is 3.47. The number of ketones is 1. The van der Waals surface area contributed by atoms with E-state index in [4.69, 9.17) is 9.47 Å². The van der Waals surface area contributed by atoms with E-state index in [0.717, 1.165) is 11.1 Å². The van der Waals surface area contributed by atoms with Gasteiger partial charge in [0.25, 0.3) is 0 Å². The molecule has 0 bridgehead atoms. The first-order chi connectivity index (χ1) is 9.99. The van der Waals surface area contributed by atoms with E-state index in [9.17, 15) is 9.18 Å². The van der Waals surface area contributed by atoms with Gasteiger partial charge in [0, 0.05) is 30.9 Å². The topological polar surface area (TPSA) is 35.5 Å². The minimum absolute atomic E-state index is 0.0924. The van der Waals surface area contributed by atoms with Crippen LogP contribution in [0.15, 0.2) is 30.0 Å². The van der Waals surface area contributed by atoms with Gasteiger partial charge in [0.15, 0.2) is 5.78 Å². The number of carbonyl (C=O) groups excluding carboxylic acids is 1. The highest BCUT2D eigenvalue weighted by Gasteiger charge is 2.39. The first kappa shape index (κ1) is 14.1. The molecule has 112 valence electrons. The molecule has 0 radical (unpaired) electrons. The van der Waals surface area contributed by atoms with Crippen LogP contribution in [0, 0.1) is 6.92 Å². The number of hydrogen-bond donors (Lipinski definition) is 0. The van der Waals surface area contributed by atoms with Crippen LogP contribution in [0.4, 0.5) is 4.39 Å². The Morgan fingerprint density at radius 3 is 2.90 bits per heavy atom. The van der Waals surface area contributed by atoms with Gasteiger partial charge in [-0.05, 0) is 26.0 Å². The predicted molar refractivity (Wildman–Crippen MR) is 77.0 cm³/mol. The van der Waals surface area contributed by atoms with Crippen molar-refractivity contribution in [2.75, 3.05) is 6.67 Å². The SMILES string of the molecule is Cc1ccc2c(c1)C(OC1=CC(=O)CC1)CC(C)(CF)O2. The molecule has 1 aromatic carbocycles. The molecular weight excluding hydrogens is 271 g/mol.